The van der Waals surface area contributed by atoms with Crippen LogP contribution in [0.5, 0.6) is 5.75 Å². The Labute approximate surface area is 122 Å². The molecule has 0 aliphatic carbocycles. The van der Waals surface area contributed by atoms with Crippen molar-refractivity contribution in [2.24, 2.45) is 0 Å². The molecule has 0 saturated carbocycles. The first-order valence-electron chi connectivity index (χ1n) is 5.93. The van der Waals surface area contributed by atoms with Crippen LogP contribution >= 0.6 is 22.9 Å². The normalized spacial score (nSPS) is 13.8. The Morgan fingerprint density at radius 1 is 1.37 bits per heavy atom. The highest BCUT2D eigenvalue weighted by Gasteiger charge is 2.34. The summed E-state index contributed by atoms with van der Waals surface area (Å²) in [5.74, 6) is 0.729. The highest BCUT2D eigenvalue weighted by molar-refractivity contribution is 7.09. The van der Waals surface area contributed by atoms with Crippen molar-refractivity contribution in [3.05, 3.63) is 52.2 Å². The Bertz CT molecular complexity index is 565. The molecule has 1 heterocycles. The fraction of sp³-hybridized carbons (Fsp3) is 0.267. The van der Waals surface area contributed by atoms with Crippen LogP contribution < -0.4 is 4.74 Å². The van der Waals surface area contributed by atoms with Gasteiger partial charge in [0.2, 0.25) is 5.24 Å². The van der Waals surface area contributed by atoms with Crippen molar-refractivity contribution in [1.29, 1.82) is 0 Å². The molecule has 0 radical (unpaired) electrons. The van der Waals surface area contributed by atoms with E-state index in [-0.39, 0.29) is 5.24 Å². The first kappa shape index (κ1) is 14.1. The van der Waals surface area contributed by atoms with Gasteiger partial charge in [0, 0.05) is 4.88 Å². The summed E-state index contributed by atoms with van der Waals surface area (Å²) < 4.78 is 5.21. The van der Waals surface area contributed by atoms with E-state index in [1.165, 1.54) is 0 Å². The maximum atomic E-state index is 11.9. The van der Waals surface area contributed by atoms with E-state index in [2.05, 4.69) is 0 Å². The monoisotopic (exact) mass is 294 g/mol. The van der Waals surface area contributed by atoms with Crippen molar-refractivity contribution in [3.63, 3.8) is 0 Å². The molecule has 0 N–H and O–H groups in total. The lowest BCUT2D eigenvalue weighted by Crippen LogP contribution is -2.31. The van der Waals surface area contributed by atoms with Crippen LogP contribution in [-0.4, -0.2) is 12.4 Å². The lowest BCUT2D eigenvalue weighted by atomic mass is 9.80. The summed E-state index contributed by atoms with van der Waals surface area (Å²) in [6.07, 6.45) is 0.597. The third kappa shape index (κ3) is 2.99. The Hall–Kier alpha value is -1.32. The van der Waals surface area contributed by atoms with E-state index in [0.717, 1.165) is 16.2 Å². The highest BCUT2D eigenvalue weighted by Crippen LogP contribution is 2.33. The van der Waals surface area contributed by atoms with Gasteiger partial charge >= 0.3 is 0 Å². The summed E-state index contributed by atoms with van der Waals surface area (Å²) in [4.78, 5) is 13.1. The second-order valence-electron chi connectivity index (χ2n) is 4.59. The maximum Gasteiger partial charge on any atom is 0.232 e. The van der Waals surface area contributed by atoms with Gasteiger partial charge in [-0.1, -0.05) is 18.2 Å². The van der Waals surface area contributed by atoms with Crippen LogP contribution in [0.25, 0.3) is 0 Å². The Kier molecular flexibility index (Phi) is 4.27. The van der Waals surface area contributed by atoms with Gasteiger partial charge < -0.3 is 4.74 Å². The minimum absolute atomic E-state index is 0.353. The van der Waals surface area contributed by atoms with Gasteiger partial charge in [0.1, 0.15) is 5.75 Å². The molecule has 2 nitrogen and oxygen atoms in total. The molecular formula is C15H15ClO2S. The second kappa shape index (κ2) is 5.76. The van der Waals surface area contributed by atoms with Crippen LogP contribution in [0, 0.1) is 0 Å². The number of methoxy groups -OCH3 is 1. The number of carbonyl (C=O) groups excluding carboxylic acids is 1. The van der Waals surface area contributed by atoms with E-state index in [4.69, 9.17) is 16.3 Å². The molecule has 0 aliphatic rings. The van der Waals surface area contributed by atoms with E-state index in [1.54, 1.807) is 18.4 Å². The topological polar surface area (TPSA) is 26.3 Å². The van der Waals surface area contributed by atoms with Gasteiger partial charge in [-0.2, -0.15) is 0 Å². The number of benzene rings is 1. The minimum Gasteiger partial charge on any atom is -0.497 e. The zero-order valence-electron chi connectivity index (χ0n) is 10.9. The van der Waals surface area contributed by atoms with Crippen LogP contribution in [0.2, 0.25) is 0 Å². The maximum absolute atomic E-state index is 11.9. The van der Waals surface area contributed by atoms with E-state index >= 15 is 0 Å². The van der Waals surface area contributed by atoms with Crippen LogP contribution in [0.1, 0.15) is 17.4 Å². The van der Waals surface area contributed by atoms with Crippen molar-refractivity contribution >= 4 is 28.2 Å². The van der Waals surface area contributed by atoms with Crippen LogP contribution in [0.3, 0.4) is 0 Å². The Morgan fingerprint density at radius 2 is 2.16 bits per heavy atom. The van der Waals surface area contributed by atoms with Gasteiger partial charge in [0.25, 0.3) is 0 Å². The number of hydrogen-bond acceptors (Lipinski definition) is 3. The Balaban J connectivity index is 2.40. The fourth-order valence-corrected chi connectivity index (χ4v) is 3.05. The standard InChI is InChI=1S/C15H15ClO2S/c1-15(14(16)17,10-13-7-4-8-19-13)11-5-3-6-12(9-11)18-2/h3-9H,10H2,1-2H3. The van der Waals surface area contributed by atoms with Crippen LogP contribution in [0.4, 0.5) is 0 Å². The summed E-state index contributed by atoms with van der Waals surface area (Å²) in [5, 5.41) is 1.65. The van der Waals surface area contributed by atoms with Crippen LogP contribution in [-0.2, 0) is 16.6 Å². The lowest BCUT2D eigenvalue weighted by molar-refractivity contribution is -0.116. The van der Waals surface area contributed by atoms with Gasteiger partial charge in [0.05, 0.1) is 12.5 Å². The van der Waals surface area contributed by atoms with Crippen LogP contribution in [0.15, 0.2) is 41.8 Å². The van der Waals surface area contributed by atoms with Gasteiger partial charge in [-0.3, -0.25) is 4.79 Å². The first-order chi connectivity index (χ1) is 9.06. The van der Waals surface area contributed by atoms with Gasteiger partial charge in [-0.25, -0.2) is 0 Å². The minimum atomic E-state index is -0.735. The molecule has 1 aromatic heterocycles. The average molecular weight is 295 g/mol. The lowest BCUT2D eigenvalue weighted by Gasteiger charge is -2.25. The molecule has 0 fully saturated rings. The molecule has 0 saturated heterocycles. The molecule has 19 heavy (non-hydrogen) atoms. The van der Waals surface area contributed by atoms with Crippen molar-refractivity contribution in [1.82, 2.24) is 0 Å². The SMILES string of the molecule is COc1cccc(C(C)(Cc2cccs2)C(=O)Cl)c1. The highest BCUT2D eigenvalue weighted by atomic mass is 35.5. The van der Waals surface area contributed by atoms with Crippen molar-refractivity contribution < 1.29 is 9.53 Å². The third-order valence-electron chi connectivity index (χ3n) is 3.25. The van der Waals surface area contributed by atoms with E-state index < -0.39 is 5.41 Å². The zero-order valence-corrected chi connectivity index (χ0v) is 12.4. The van der Waals surface area contributed by atoms with Crippen molar-refractivity contribution in [3.8, 4) is 5.75 Å². The fourth-order valence-electron chi connectivity index (χ4n) is 2.01. The summed E-state index contributed by atoms with van der Waals surface area (Å²) in [5.41, 5.74) is 0.140. The smallest absolute Gasteiger partial charge is 0.232 e. The zero-order chi connectivity index (χ0) is 13.9. The molecular weight excluding hydrogens is 280 g/mol. The molecule has 4 heteroatoms. The molecule has 1 atom stereocenters. The summed E-state index contributed by atoms with van der Waals surface area (Å²) in [6.45, 7) is 1.87. The number of ether oxygens (including phenoxy) is 1. The van der Waals surface area contributed by atoms with E-state index in [9.17, 15) is 4.79 Å². The quantitative estimate of drug-likeness (QED) is 0.779. The van der Waals surface area contributed by atoms with Gasteiger partial charge in [-0.05, 0) is 54.1 Å². The predicted molar refractivity (Wildman–Crippen MR) is 79.2 cm³/mol. The molecule has 0 aliphatic heterocycles. The molecule has 1 aromatic carbocycles. The largest absolute Gasteiger partial charge is 0.497 e. The number of thiophene rings is 1. The average Bonchev–Trinajstić information content (AvgIpc) is 2.91. The Morgan fingerprint density at radius 3 is 2.74 bits per heavy atom. The van der Waals surface area contributed by atoms with Gasteiger partial charge in [-0.15, -0.1) is 11.3 Å². The number of rotatable bonds is 5. The van der Waals surface area contributed by atoms with E-state index in [0.29, 0.717) is 6.42 Å². The molecule has 2 aromatic rings. The van der Waals surface area contributed by atoms with Crippen molar-refractivity contribution in [2.75, 3.05) is 7.11 Å². The third-order valence-corrected chi connectivity index (χ3v) is 4.54. The number of carbonyl (C=O) groups is 1. The summed E-state index contributed by atoms with van der Waals surface area (Å²) in [7, 11) is 1.61. The summed E-state index contributed by atoms with van der Waals surface area (Å²) >= 11 is 7.49. The van der Waals surface area contributed by atoms with E-state index in [1.807, 2.05) is 48.7 Å². The first-order valence-corrected chi connectivity index (χ1v) is 7.19. The van der Waals surface area contributed by atoms with Gasteiger partial charge in [0.15, 0.2) is 0 Å². The molecule has 0 amide bonds. The number of halogens is 1. The molecule has 0 spiro atoms. The second-order valence-corrected chi connectivity index (χ2v) is 5.97. The van der Waals surface area contributed by atoms with Crippen molar-refractivity contribution in [2.45, 2.75) is 18.8 Å². The predicted octanol–water partition coefficient (Wildman–Crippen LogP) is 4.02. The molecule has 0 bridgehead atoms. The number of hydrogen-bond donors (Lipinski definition) is 0. The summed E-state index contributed by atoms with van der Waals surface area (Å²) in [6, 6.07) is 11.5. The molecule has 100 valence electrons. The molecule has 1 unspecified atom stereocenters. The molecule has 2 rings (SSSR count).